The number of nitrogen functional groups attached to an aromatic ring is 1. The number of rotatable bonds is 8. The van der Waals surface area contributed by atoms with Crippen molar-refractivity contribution in [2.24, 2.45) is 0 Å². The van der Waals surface area contributed by atoms with Gasteiger partial charge in [-0.05, 0) is 39.2 Å². The van der Waals surface area contributed by atoms with Crippen LogP contribution >= 0.6 is 0 Å². The molecule has 8 nitrogen and oxygen atoms in total. The Labute approximate surface area is 160 Å². The van der Waals surface area contributed by atoms with E-state index in [1.54, 1.807) is 0 Å². The van der Waals surface area contributed by atoms with Crippen LogP contribution in [0.3, 0.4) is 0 Å². The Morgan fingerprint density at radius 2 is 2.00 bits per heavy atom. The predicted molar refractivity (Wildman–Crippen MR) is 108 cm³/mol. The molecule has 1 unspecified atom stereocenters. The number of H-pyrrole nitrogens is 1. The van der Waals surface area contributed by atoms with Crippen LogP contribution in [0, 0.1) is 0 Å². The molecule has 8 heteroatoms. The lowest BCUT2D eigenvalue weighted by Gasteiger charge is -2.36. The highest BCUT2D eigenvalue weighted by atomic mass is 16.2. The van der Waals surface area contributed by atoms with Crippen LogP contribution in [0.4, 0.5) is 11.5 Å². The standard InChI is InChI=1S/C19H33N5O3/c1-4-7-12-24-17(20)16(18(26)21-19(24)27)23(6-3)15(25)13-22-11-9-8-10-14(22)5-2/h14H,4-13,20H2,1-3H3,(H,21,26,27). The number of hydrogen-bond donors (Lipinski definition) is 2. The second-order valence-corrected chi connectivity index (χ2v) is 7.16. The van der Waals surface area contributed by atoms with Crippen LogP contribution in [0.5, 0.6) is 0 Å². The summed E-state index contributed by atoms with van der Waals surface area (Å²) in [4.78, 5) is 43.5. The molecule has 1 fully saturated rings. The number of piperidine rings is 1. The summed E-state index contributed by atoms with van der Waals surface area (Å²) in [6.45, 7) is 7.86. The van der Waals surface area contributed by atoms with E-state index in [0.717, 1.165) is 38.6 Å². The van der Waals surface area contributed by atoms with Gasteiger partial charge in [0.1, 0.15) is 5.82 Å². The SMILES string of the molecule is CCCCn1c(N)c(N(CC)C(=O)CN2CCCCC2CC)c(=O)[nH]c1=O. The molecule has 152 valence electrons. The summed E-state index contributed by atoms with van der Waals surface area (Å²) in [6.07, 6.45) is 6.03. The van der Waals surface area contributed by atoms with Crippen molar-refractivity contribution in [2.75, 3.05) is 30.3 Å². The van der Waals surface area contributed by atoms with Gasteiger partial charge in [0, 0.05) is 19.1 Å². The fraction of sp³-hybridized carbons (Fsp3) is 0.737. The van der Waals surface area contributed by atoms with E-state index in [1.807, 2.05) is 13.8 Å². The minimum Gasteiger partial charge on any atom is -0.383 e. The van der Waals surface area contributed by atoms with Crippen LogP contribution in [0.25, 0.3) is 0 Å². The van der Waals surface area contributed by atoms with Gasteiger partial charge in [0.25, 0.3) is 5.56 Å². The van der Waals surface area contributed by atoms with Crippen LogP contribution in [0.15, 0.2) is 9.59 Å². The maximum atomic E-state index is 13.0. The quantitative estimate of drug-likeness (QED) is 0.713. The molecule has 0 spiro atoms. The summed E-state index contributed by atoms with van der Waals surface area (Å²) in [5.41, 5.74) is 5.12. The van der Waals surface area contributed by atoms with Crippen molar-refractivity contribution in [1.82, 2.24) is 14.5 Å². The molecule has 27 heavy (non-hydrogen) atoms. The topological polar surface area (TPSA) is 104 Å². The first-order valence-electron chi connectivity index (χ1n) is 10.1. The number of nitrogens with zero attached hydrogens (tertiary/aromatic N) is 3. The van der Waals surface area contributed by atoms with Crippen molar-refractivity contribution < 1.29 is 4.79 Å². The van der Waals surface area contributed by atoms with E-state index in [-0.39, 0.29) is 24.0 Å². The number of aromatic amines is 1. The average Bonchev–Trinajstić information content (AvgIpc) is 2.65. The number of aromatic nitrogens is 2. The summed E-state index contributed by atoms with van der Waals surface area (Å²) < 4.78 is 1.35. The third-order valence-electron chi connectivity index (χ3n) is 5.40. The number of hydrogen-bond acceptors (Lipinski definition) is 5. The fourth-order valence-electron chi connectivity index (χ4n) is 3.83. The Bertz CT molecular complexity index is 755. The van der Waals surface area contributed by atoms with Crippen LogP contribution in [0.1, 0.15) is 59.3 Å². The van der Waals surface area contributed by atoms with Crippen molar-refractivity contribution in [3.05, 3.63) is 20.8 Å². The average molecular weight is 380 g/mol. The monoisotopic (exact) mass is 379 g/mol. The van der Waals surface area contributed by atoms with Gasteiger partial charge >= 0.3 is 5.69 Å². The third kappa shape index (κ3) is 4.80. The molecule has 1 saturated heterocycles. The zero-order valence-corrected chi connectivity index (χ0v) is 16.8. The van der Waals surface area contributed by atoms with Gasteiger partial charge in [-0.25, -0.2) is 4.79 Å². The number of likely N-dealkylation sites (tertiary alicyclic amines) is 1. The summed E-state index contributed by atoms with van der Waals surface area (Å²) >= 11 is 0. The highest BCUT2D eigenvalue weighted by Crippen LogP contribution is 2.21. The van der Waals surface area contributed by atoms with Gasteiger partial charge in [-0.1, -0.05) is 26.7 Å². The summed E-state index contributed by atoms with van der Waals surface area (Å²) in [5.74, 6) is -0.0890. The summed E-state index contributed by atoms with van der Waals surface area (Å²) in [7, 11) is 0. The molecule has 1 aliphatic rings. The van der Waals surface area contributed by atoms with Gasteiger partial charge in [-0.2, -0.15) is 0 Å². The van der Waals surface area contributed by atoms with Gasteiger partial charge in [-0.15, -0.1) is 0 Å². The second kappa shape index (κ2) is 9.73. The van der Waals surface area contributed by atoms with Crippen LogP contribution in [-0.4, -0.2) is 46.0 Å². The second-order valence-electron chi connectivity index (χ2n) is 7.16. The van der Waals surface area contributed by atoms with E-state index in [0.29, 0.717) is 19.1 Å². The largest absolute Gasteiger partial charge is 0.383 e. The van der Waals surface area contributed by atoms with Crippen molar-refractivity contribution in [3.8, 4) is 0 Å². The molecule has 1 aliphatic heterocycles. The number of nitrogens with two attached hydrogens (primary N) is 1. The molecular weight excluding hydrogens is 346 g/mol. The van der Waals surface area contributed by atoms with E-state index >= 15 is 0 Å². The normalized spacial score (nSPS) is 17.8. The Hall–Kier alpha value is -2.09. The fourth-order valence-corrected chi connectivity index (χ4v) is 3.83. The van der Waals surface area contributed by atoms with Gasteiger partial charge in [-0.3, -0.25) is 24.0 Å². The number of likely N-dealkylation sites (N-methyl/N-ethyl adjacent to an activating group) is 1. The Morgan fingerprint density at radius 1 is 1.26 bits per heavy atom. The first-order valence-corrected chi connectivity index (χ1v) is 10.1. The number of carbonyl (C=O) groups is 1. The molecule has 2 rings (SSSR count). The van der Waals surface area contributed by atoms with Crippen LogP contribution < -0.4 is 21.9 Å². The molecular formula is C19H33N5O3. The zero-order valence-electron chi connectivity index (χ0n) is 16.8. The maximum Gasteiger partial charge on any atom is 0.330 e. The van der Waals surface area contributed by atoms with Crippen molar-refractivity contribution in [2.45, 2.75) is 71.9 Å². The molecule has 1 aromatic rings. The van der Waals surface area contributed by atoms with Crippen molar-refractivity contribution in [1.29, 1.82) is 0 Å². The minimum atomic E-state index is -0.605. The number of carbonyl (C=O) groups excluding carboxylic acids is 1. The molecule has 3 N–H and O–H groups in total. The van der Waals surface area contributed by atoms with E-state index in [1.165, 1.54) is 15.9 Å². The van der Waals surface area contributed by atoms with Crippen molar-refractivity contribution >= 4 is 17.4 Å². The molecule has 2 heterocycles. The minimum absolute atomic E-state index is 0.0677. The molecule has 0 radical (unpaired) electrons. The molecule has 1 aromatic heterocycles. The molecule has 0 aromatic carbocycles. The number of amides is 1. The van der Waals surface area contributed by atoms with E-state index in [4.69, 9.17) is 5.73 Å². The van der Waals surface area contributed by atoms with Gasteiger partial charge in [0.05, 0.1) is 6.54 Å². The maximum absolute atomic E-state index is 13.0. The molecule has 1 amide bonds. The molecule has 0 aliphatic carbocycles. The number of anilines is 2. The Kier molecular flexibility index (Phi) is 7.65. The van der Waals surface area contributed by atoms with Gasteiger partial charge in [0.2, 0.25) is 5.91 Å². The number of unbranched alkanes of at least 4 members (excludes halogenated alkanes) is 1. The van der Waals surface area contributed by atoms with E-state index in [2.05, 4.69) is 16.8 Å². The molecule has 0 bridgehead atoms. The van der Waals surface area contributed by atoms with Crippen LogP contribution in [0.2, 0.25) is 0 Å². The van der Waals surface area contributed by atoms with E-state index < -0.39 is 11.2 Å². The lowest BCUT2D eigenvalue weighted by atomic mass is 10.00. The molecule has 1 atom stereocenters. The Balaban J connectivity index is 2.31. The van der Waals surface area contributed by atoms with Crippen molar-refractivity contribution in [3.63, 3.8) is 0 Å². The molecule has 0 saturated carbocycles. The lowest BCUT2D eigenvalue weighted by molar-refractivity contribution is -0.120. The smallest absolute Gasteiger partial charge is 0.330 e. The number of nitrogens with one attached hydrogen (secondary N) is 1. The van der Waals surface area contributed by atoms with E-state index in [9.17, 15) is 14.4 Å². The zero-order chi connectivity index (χ0) is 20.0. The highest BCUT2D eigenvalue weighted by Gasteiger charge is 2.28. The summed E-state index contributed by atoms with van der Waals surface area (Å²) in [5, 5.41) is 0. The summed E-state index contributed by atoms with van der Waals surface area (Å²) in [6, 6.07) is 0.399. The Morgan fingerprint density at radius 3 is 2.63 bits per heavy atom. The third-order valence-corrected chi connectivity index (χ3v) is 5.40. The van der Waals surface area contributed by atoms with Gasteiger partial charge in [0.15, 0.2) is 5.69 Å². The van der Waals surface area contributed by atoms with Crippen LogP contribution in [-0.2, 0) is 11.3 Å². The first-order chi connectivity index (χ1) is 12.9. The van der Waals surface area contributed by atoms with Gasteiger partial charge < -0.3 is 10.6 Å². The highest BCUT2D eigenvalue weighted by molar-refractivity contribution is 5.96. The predicted octanol–water partition coefficient (Wildman–Crippen LogP) is 1.54. The first kappa shape index (κ1) is 21.2. The lowest BCUT2D eigenvalue weighted by Crippen LogP contribution is -2.48.